The van der Waals surface area contributed by atoms with Crippen LogP contribution in [0.15, 0.2) is 46.9 Å². The SMILES string of the molecule is CCN1C(=O)[C@](O)(CC(=O)c2ccc(C(C)(C)C)cc2)c2cc(Br)ccc21. The van der Waals surface area contributed by atoms with E-state index in [1.54, 1.807) is 24.3 Å². The summed E-state index contributed by atoms with van der Waals surface area (Å²) in [5.74, 6) is -0.701. The summed E-state index contributed by atoms with van der Waals surface area (Å²) in [6.45, 7) is 8.61. The Morgan fingerprint density at radius 3 is 2.33 bits per heavy atom. The Morgan fingerprint density at radius 1 is 1.15 bits per heavy atom. The number of hydrogen-bond donors (Lipinski definition) is 1. The first-order valence-corrected chi connectivity index (χ1v) is 9.85. The molecular formula is C22H24BrNO3. The number of anilines is 1. The largest absolute Gasteiger partial charge is 0.375 e. The second kappa shape index (κ2) is 6.88. The molecule has 1 N–H and O–H groups in total. The highest BCUT2D eigenvalue weighted by Gasteiger charge is 2.50. The number of carbonyl (C=O) groups excluding carboxylic acids is 2. The molecule has 0 radical (unpaired) electrons. The second-order valence-electron chi connectivity index (χ2n) is 8.00. The summed E-state index contributed by atoms with van der Waals surface area (Å²) in [5, 5.41) is 11.2. The molecule has 3 rings (SSSR count). The van der Waals surface area contributed by atoms with Gasteiger partial charge in [0.15, 0.2) is 11.4 Å². The van der Waals surface area contributed by atoms with Crippen molar-refractivity contribution in [1.82, 2.24) is 0 Å². The third-order valence-electron chi connectivity index (χ3n) is 5.10. The monoisotopic (exact) mass is 429 g/mol. The van der Waals surface area contributed by atoms with Crippen molar-refractivity contribution in [2.45, 2.75) is 45.1 Å². The molecule has 4 nitrogen and oxygen atoms in total. The molecule has 2 aromatic carbocycles. The smallest absolute Gasteiger partial charge is 0.264 e. The van der Waals surface area contributed by atoms with E-state index in [1.807, 2.05) is 25.1 Å². The molecule has 0 saturated heterocycles. The van der Waals surface area contributed by atoms with Crippen LogP contribution in [-0.4, -0.2) is 23.3 Å². The molecule has 1 aliphatic rings. The van der Waals surface area contributed by atoms with Gasteiger partial charge in [-0.1, -0.05) is 61.0 Å². The van der Waals surface area contributed by atoms with E-state index in [0.29, 0.717) is 23.4 Å². The fraction of sp³-hybridized carbons (Fsp3) is 0.364. The van der Waals surface area contributed by atoms with Gasteiger partial charge in [0, 0.05) is 22.1 Å². The molecule has 0 saturated carbocycles. The first-order valence-electron chi connectivity index (χ1n) is 9.06. The Labute approximate surface area is 168 Å². The Hall–Kier alpha value is -1.98. The molecule has 0 fully saturated rings. The molecule has 1 atom stereocenters. The summed E-state index contributed by atoms with van der Waals surface area (Å²) < 4.78 is 0.757. The lowest BCUT2D eigenvalue weighted by Gasteiger charge is -2.22. The Balaban J connectivity index is 1.93. The van der Waals surface area contributed by atoms with Gasteiger partial charge in [0.2, 0.25) is 0 Å². The summed E-state index contributed by atoms with van der Waals surface area (Å²) in [4.78, 5) is 27.3. The van der Waals surface area contributed by atoms with Crippen LogP contribution in [0, 0.1) is 0 Å². The van der Waals surface area contributed by atoms with Crippen LogP contribution >= 0.6 is 15.9 Å². The maximum atomic E-state index is 12.9. The van der Waals surface area contributed by atoms with Crippen LogP contribution in [0.2, 0.25) is 0 Å². The molecule has 0 aliphatic carbocycles. The van der Waals surface area contributed by atoms with Crippen molar-refractivity contribution in [3.05, 3.63) is 63.6 Å². The zero-order valence-electron chi connectivity index (χ0n) is 16.0. The predicted molar refractivity (Wildman–Crippen MR) is 110 cm³/mol. The van der Waals surface area contributed by atoms with Crippen LogP contribution in [0.5, 0.6) is 0 Å². The van der Waals surface area contributed by atoms with Crippen molar-refractivity contribution < 1.29 is 14.7 Å². The Bertz CT molecular complexity index is 899. The van der Waals surface area contributed by atoms with Gasteiger partial charge in [-0.15, -0.1) is 0 Å². The minimum absolute atomic E-state index is 0.00591. The lowest BCUT2D eigenvalue weighted by molar-refractivity contribution is -0.135. The van der Waals surface area contributed by atoms with Gasteiger partial charge in [-0.25, -0.2) is 0 Å². The first-order chi connectivity index (χ1) is 12.6. The maximum Gasteiger partial charge on any atom is 0.264 e. The predicted octanol–water partition coefficient (Wildman–Crippen LogP) is 4.57. The van der Waals surface area contributed by atoms with E-state index in [0.717, 1.165) is 10.0 Å². The van der Waals surface area contributed by atoms with Gasteiger partial charge in [-0.2, -0.15) is 0 Å². The number of rotatable bonds is 4. The average Bonchev–Trinajstić information content (AvgIpc) is 2.81. The third kappa shape index (κ3) is 3.46. The zero-order valence-corrected chi connectivity index (χ0v) is 17.6. The molecule has 0 unspecified atom stereocenters. The van der Waals surface area contributed by atoms with Crippen LogP contribution in [0.4, 0.5) is 5.69 Å². The van der Waals surface area contributed by atoms with Crippen molar-refractivity contribution in [2.24, 2.45) is 0 Å². The van der Waals surface area contributed by atoms with E-state index in [-0.39, 0.29) is 17.6 Å². The number of ketones is 1. The lowest BCUT2D eigenvalue weighted by atomic mass is 9.85. The number of likely N-dealkylation sites (N-methyl/N-ethyl adjacent to an activating group) is 1. The standard InChI is InChI=1S/C22H24BrNO3/c1-5-24-18-11-10-16(23)12-17(18)22(27,20(24)26)13-19(25)14-6-8-15(9-7-14)21(2,3)4/h6-12,27H,5,13H2,1-4H3/t22-/m0/s1. The highest BCUT2D eigenvalue weighted by molar-refractivity contribution is 9.10. The molecule has 1 aliphatic heterocycles. The van der Waals surface area contributed by atoms with Crippen molar-refractivity contribution in [2.75, 3.05) is 11.4 Å². The molecule has 1 heterocycles. The molecular weight excluding hydrogens is 406 g/mol. The first kappa shape index (κ1) is 19.8. The molecule has 0 aromatic heterocycles. The Morgan fingerprint density at radius 2 is 1.78 bits per heavy atom. The summed E-state index contributed by atoms with van der Waals surface area (Å²) in [5.41, 5.74) is 0.910. The number of carbonyl (C=O) groups is 2. The molecule has 2 aromatic rings. The van der Waals surface area contributed by atoms with Crippen LogP contribution in [-0.2, 0) is 15.8 Å². The summed E-state index contributed by atoms with van der Waals surface area (Å²) in [6.07, 6.45) is -0.277. The normalized spacial score (nSPS) is 19.3. The van der Waals surface area contributed by atoms with E-state index in [9.17, 15) is 14.7 Å². The molecule has 27 heavy (non-hydrogen) atoms. The van der Waals surface area contributed by atoms with Crippen molar-refractivity contribution in [3.8, 4) is 0 Å². The minimum Gasteiger partial charge on any atom is -0.375 e. The van der Waals surface area contributed by atoms with E-state index in [1.165, 1.54) is 4.90 Å². The lowest BCUT2D eigenvalue weighted by Crippen LogP contribution is -2.41. The fourth-order valence-corrected chi connectivity index (χ4v) is 3.86. The van der Waals surface area contributed by atoms with Gasteiger partial charge in [0.1, 0.15) is 0 Å². The molecule has 142 valence electrons. The molecule has 0 spiro atoms. The van der Waals surface area contributed by atoms with Crippen LogP contribution in [0.1, 0.15) is 55.6 Å². The van der Waals surface area contributed by atoms with Crippen molar-refractivity contribution >= 4 is 33.3 Å². The van der Waals surface area contributed by atoms with Gasteiger partial charge < -0.3 is 10.0 Å². The average molecular weight is 430 g/mol. The van der Waals surface area contributed by atoms with E-state index in [4.69, 9.17) is 0 Å². The maximum absolute atomic E-state index is 12.9. The third-order valence-corrected chi connectivity index (χ3v) is 5.59. The number of aliphatic hydroxyl groups is 1. The van der Waals surface area contributed by atoms with Gasteiger partial charge in [-0.05, 0) is 36.1 Å². The summed E-state index contributed by atoms with van der Waals surface area (Å²) >= 11 is 3.39. The highest BCUT2D eigenvalue weighted by atomic mass is 79.9. The van der Waals surface area contributed by atoms with Crippen molar-refractivity contribution in [3.63, 3.8) is 0 Å². The van der Waals surface area contributed by atoms with Crippen LogP contribution in [0.3, 0.4) is 0 Å². The van der Waals surface area contributed by atoms with Crippen LogP contribution < -0.4 is 4.90 Å². The molecule has 0 bridgehead atoms. The number of amides is 1. The topological polar surface area (TPSA) is 57.6 Å². The van der Waals surface area contributed by atoms with Gasteiger partial charge >= 0.3 is 0 Å². The van der Waals surface area contributed by atoms with Crippen molar-refractivity contribution in [1.29, 1.82) is 0 Å². The molecule has 1 amide bonds. The number of Topliss-reactive ketones (excluding diaryl/α,β-unsaturated/α-hetero) is 1. The van der Waals surface area contributed by atoms with E-state index in [2.05, 4.69) is 36.7 Å². The quantitative estimate of drug-likeness (QED) is 0.723. The fourth-order valence-electron chi connectivity index (χ4n) is 3.50. The number of benzene rings is 2. The number of nitrogens with zero attached hydrogens (tertiary/aromatic N) is 1. The molecule has 5 heteroatoms. The number of hydrogen-bond acceptors (Lipinski definition) is 3. The summed E-state index contributed by atoms with van der Waals surface area (Å²) in [6, 6.07) is 12.7. The van der Waals surface area contributed by atoms with E-state index < -0.39 is 11.5 Å². The van der Waals surface area contributed by atoms with Gasteiger partial charge in [0.25, 0.3) is 5.91 Å². The Kier molecular flexibility index (Phi) is 5.04. The van der Waals surface area contributed by atoms with Gasteiger partial charge in [0.05, 0.1) is 12.1 Å². The summed E-state index contributed by atoms with van der Waals surface area (Å²) in [7, 11) is 0. The van der Waals surface area contributed by atoms with Crippen LogP contribution in [0.25, 0.3) is 0 Å². The minimum atomic E-state index is -1.84. The number of halogens is 1. The second-order valence-corrected chi connectivity index (χ2v) is 8.91. The van der Waals surface area contributed by atoms with Gasteiger partial charge in [-0.3, -0.25) is 9.59 Å². The van der Waals surface area contributed by atoms with E-state index >= 15 is 0 Å². The zero-order chi connectivity index (χ0) is 20.0. The number of fused-ring (bicyclic) bond motifs is 1. The highest BCUT2D eigenvalue weighted by Crippen LogP contribution is 2.44.